The first-order chi connectivity index (χ1) is 10.6. The number of rotatable bonds is 4. The summed E-state index contributed by atoms with van der Waals surface area (Å²) >= 11 is 6.10. The molecule has 0 amide bonds. The molecule has 0 aliphatic carbocycles. The fourth-order valence-corrected chi connectivity index (χ4v) is 2.00. The van der Waals surface area contributed by atoms with Crippen molar-refractivity contribution in [1.82, 2.24) is 14.9 Å². The molecule has 0 atom stereocenters. The van der Waals surface area contributed by atoms with Crippen LogP contribution in [0.1, 0.15) is 16.1 Å². The lowest BCUT2D eigenvalue weighted by atomic mass is 10.1. The summed E-state index contributed by atoms with van der Waals surface area (Å²) in [5, 5.41) is 20.7. The molecule has 0 saturated carbocycles. The van der Waals surface area contributed by atoms with Crippen LogP contribution in [0, 0.1) is 0 Å². The topological polar surface area (TPSA) is 93.5 Å². The Labute approximate surface area is 129 Å². The van der Waals surface area contributed by atoms with Crippen LogP contribution in [-0.4, -0.2) is 32.2 Å². The van der Waals surface area contributed by atoms with Gasteiger partial charge in [0.05, 0.1) is 16.8 Å². The van der Waals surface area contributed by atoms with Crippen molar-refractivity contribution in [2.75, 3.05) is 0 Å². The number of hydrogen-bond acceptors (Lipinski definition) is 5. The van der Waals surface area contributed by atoms with Gasteiger partial charge in [-0.2, -0.15) is 5.10 Å². The highest BCUT2D eigenvalue weighted by atomic mass is 35.5. The molecule has 1 N–H and O–H groups in total. The van der Waals surface area contributed by atoms with Gasteiger partial charge in [-0.3, -0.25) is 0 Å². The van der Waals surface area contributed by atoms with E-state index < -0.39 is 5.97 Å². The second kappa shape index (κ2) is 5.82. The molecule has 7 nitrogen and oxygen atoms in total. The lowest BCUT2D eigenvalue weighted by Crippen LogP contribution is -1.96. The summed E-state index contributed by atoms with van der Waals surface area (Å²) in [4.78, 5) is 11.0. The molecule has 0 spiro atoms. The van der Waals surface area contributed by atoms with Gasteiger partial charge in [0.2, 0.25) is 0 Å². The van der Waals surface area contributed by atoms with E-state index in [0.717, 1.165) is 0 Å². The first-order valence-electron chi connectivity index (χ1n) is 6.15. The summed E-state index contributed by atoms with van der Waals surface area (Å²) in [5.41, 5.74) is 0.640. The van der Waals surface area contributed by atoms with Gasteiger partial charge in [-0.05, 0) is 30.3 Å². The van der Waals surface area contributed by atoms with Gasteiger partial charge in [0.25, 0.3) is 0 Å². The molecule has 3 aromatic rings. The number of hydrogen-bond donors (Lipinski definition) is 1. The van der Waals surface area contributed by atoms with Crippen molar-refractivity contribution >= 4 is 23.8 Å². The Morgan fingerprint density at radius 1 is 1.27 bits per heavy atom. The third-order valence-corrected chi connectivity index (χ3v) is 3.16. The van der Waals surface area contributed by atoms with Crippen molar-refractivity contribution in [2.45, 2.75) is 0 Å². The average Bonchev–Trinajstić information content (AvgIpc) is 3.17. The lowest BCUT2D eigenvalue weighted by molar-refractivity contribution is 0.0697. The summed E-state index contributed by atoms with van der Waals surface area (Å²) in [5.74, 6) is -0.0855. The van der Waals surface area contributed by atoms with Crippen LogP contribution in [0.4, 0.5) is 0 Å². The van der Waals surface area contributed by atoms with Crippen molar-refractivity contribution in [2.24, 2.45) is 5.10 Å². The fraction of sp³-hybridized carbons (Fsp3) is 0. The predicted octanol–water partition coefficient (Wildman–Crippen LogP) is 2.77. The van der Waals surface area contributed by atoms with Crippen LogP contribution in [0.5, 0.6) is 0 Å². The molecule has 0 saturated heterocycles. The van der Waals surface area contributed by atoms with Crippen LogP contribution in [0.3, 0.4) is 0 Å². The van der Waals surface area contributed by atoms with Crippen LogP contribution in [0.2, 0.25) is 5.02 Å². The Balaban J connectivity index is 1.90. The van der Waals surface area contributed by atoms with Crippen molar-refractivity contribution < 1.29 is 14.3 Å². The van der Waals surface area contributed by atoms with Crippen LogP contribution in [-0.2, 0) is 0 Å². The number of carboxylic acids is 1. The van der Waals surface area contributed by atoms with E-state index in [-0.39, 0.29) is 5.56 Å². The highest BCUT2D eigenvalue weighted by Crippen LogP contribution is 2.30. The second-order valence-electron chi connectivity index (χ2n) is 4.29. The zero-order valence-corrected chi connectivity index (χ0v) is 11.8. The molecular weight excluding hydrogens is 308 g/mol. The van der Waals surface area contributed by atoms with E-state index in [2.05, 4.69) is 15.3 Å². The smallest absolute Gasteiger partial charge is 0.335 e. The molecule has 0 radical (unpaired) electrons. The second-order valence-corrected chi connectivity index (χ2v) is 4.70. The highest BCUT2D eigenvalue weighted by Gasteiger charge is 2.12. The van der Waals surface area contributed by atoms with Crippen molar-refractivity contribution in [3.8, 4) is 11.3 Å². The van der Waals surface area contributed by atoms with E-state index in [1.165, 1.54) is 41.7 Å². The number of aromatic carboxylic acids is 1. The van der Waals surface area contributed by atoms with Gasteiger partial charge in [0.15, 0.2) is 0 Å². The quantitative estimate of drug-likeness (QED) is 0.747. The minimum Gasteiger partial charge on any atom is -0.478 e. The van der Waals surface area contributed by atoms with Crippen LogP contribution in [0.15, 0.2) is 52.5 Å². The molecule has 2 aromatic heterocycles. The minimum absolute atomic E-state index is 0.135. The van der Waals surface area contributed by atoms with E-state index in [1.54, 1.807) is 12.1 Å². The van der Waals surface area contributed by atoms with Crippen molar-refractivity contribution in [3.63, 3.8) is 0 Å². The van der Waals surface area contributed by atoms with Gasteiger partial charge in [0.1, 0.15) is 24.2 Å². The maximum Gasteiger partial charge on any atom is 0.335 e. The molecule has 110 valence electrons. The first-order valence-corrected chi connectivity index (χ1v) is 6.53. The maximum absolute atomic E-state index is 11.0. The number of aromatic nitrogens is 3. The molecule has 0 aliphatic heterocycles. The number of furan rings is 1. The van der Waals surface area contributed by atoms with E-state index >= 15 is 0 Å². The summed E-state index contributed by atoms with van der Waals surface area (Å²) in [6.07, 6.45) is 4.36. The van der Waals surface area contributed by atoms with Crippen molar-refractivity contribution in [1.29, 1.82) is 0 Å². The molecule has 0 aliphatic rings. The molecule has 2 heterocycles. The molecule has 3 rings (SSSR count). The molecule has 0 fully saturated rings. The summed E-state index contributed by atoms with van der Waals surface area (Å²) < 4.78 is 7.02. The Bertz CT molecular complexity index is 840. The van der Waals surface area contributed by atoms with E-state index in [1.807, 2.05) is 0 Å². The zero-order valence-electron chi connectivity index (χ0n) is 11.0. The average molecular weight is 317 g/mol. The largest absolute Gasteiger partial charge is 0.478 e. The van der Waals surface area contributed by atoms with Crippen molar-refractivity contribution in [3.05, 3.63) is 59.3 Å². The monoisotopic (exact) mass is 316 g/mol. The third kappa shape index (κ3) is 2.89. The Morgan fingerprint density at radius 2 is 2.05 bits per heavy atom. The molecule has 0 bridgehead atoms. The summed E-state index contributed by atoms with van der Waals surface area (Å²) in [7, 11) is 0. The normalized spacial score (nSPS) is 11.1. The van der Waals surface area contributed by atoms with E-state index in [4.69, 9.17) is 21.1 Å². The summed E-state index contributed by atoms with van der Waals surface area (Å²) in [6, 6.07) is 7.82. The fourth-order valence-electron chi connectivity index (χ4n) is 1.79. The van der Waals surface area contributed by atoms with Crippen LogP contribution >= 0.6 is 11.6 Å². The Hall–Kier alpha value is -2.93. The van der Waals surface area contributed by atoms with Gasteiger partial charge in [0, 0.05) is 5.56 Å². The standard InChI is InChI=1S/C14H9ClN4O3/c15-12-3-1-9(14(20)21)5-11(12)13-4-2-10(22-13)6-18-19-7-16-17-8-19/h1-8H,(H,20,21). The van der Waals surface area contributed by atoms with E-state index in [9.17, 15) is 4.79 Å². The predicted molar refractivity (Wildman–Crippen MR) is 79.1 cm³/mol. The van der Waals surface area contributed by atoms with Gasteiger partial charge in [-0.1, -0.05) is 11.6 Å². The number of carbonyl (C=O) groups is 1. The van der Waals surface area contributed by atoms with Crippen LogP contribution in [0.25, 0.3) is 11.3 Å². The molecule has 8 heteroatoms. The SMILES string of the molecule is O=C(O)c1ccc(Cl)c(-c2ccc(C=Nn3cnnc3)o2)c1. The van der Waals surface area contributed by atoms with Gasteiger partial charge in [-0.25, -0.2) is 9.47 Å². The molecule has 1 aromatic carbocycles. The third-order valence-electron chi connectivity index (χ3n) is 2.83. The minimum atomic E-state index is -1.03. The van der Waals surface area contributed by atoms with E-state index in [0.29, 0.717) is 22.1 Å². The number of nitrogens with zero attached hydrogens (tertiary/aromatic N) is 4. The molecule has 22 heavy (non-hydrogen) atoms. The Morgan fingerprint density at radius 3 is 2.77 bits per heavy atom. The molecule has 0 unspecified atom stereocenters. The van der Waals surface area contributed by atoms with Crippen LogP contribution < -0.4 is 0 Å². The number of halogens is 1. The zero-order chi connectivity index (χ0) is 15.5. The van der Waals surface area contributed by atoms with Gasteiger partial charge < -0.3 is 9.52 Å². The molecular formula is C14H9ClN4O3. The number of benzene rings is 1. The highest BCUT2D eigenvalue weighted by molar-refractivity contribution is 6.33. The Kier molecular flexibility index (Phi) is 3.71. The van der Waals surface area contributed by atoms with Gasteiger partial charge >= 0.3 is 5.97 Å². The first kappa shape index (κ1) is 14.0. The summed E-state index contributed by atoms with van der Waals surface area (Å²) in [6.45, 7) is 0. The van der Waals surface area contributed by atoms with Gasteiger partial charge in [-0.15, -0.1) is 10.2 Å². The lowest BCUT2D eigenvalue weighted by Gasteiger charge is -2.02. The maximum atomic E-state index is 11.0. The number of carboxylic acid groups (broad SMARTS) is 1.